The number of thiophene rings is 1. The van der Waals surface area contributed by atoms with Gasteiger partial charge in [-0.1, -0.05) is 6.07 Å². The van der Waals surface area contributed by atoms with Crippen LogP contribution in [0.25, 0.3) is 10.4 Å². The Morgan fingerprint density at radius 1 is 1.35 bits per heavy atom. The number of nitrogen functional groups attached to an aromatic ring is 1. The van der Waals surface area contributed by atoms with Gasteiger partial charge in [-0.15, -0.1) is 11.3 Å². The van der Waals surface area contributed by atoms with E-state index in [0.29, 0.717) is 16.3 Å². The first-order valence-corrected chi connectivity index (χ1v) is 6.68. The summed E-state index contributed by atoms with van der Waals surface area (Å²) >= 11 is 1.28. The lowest BCUT2D eigenvalue weighted by Crippen LogP contribution is -2.01. The predicted molar refractivity (Wildman–Crippen MR) is 78.0 cm³/mol. The first-order valence-electron chi connectivity index (χ1n) is 5.86. The molecule has 0 saturated heterocycles. The molecule has 3 N–H and O–H groups in total. The topological polar surface area (TPSA) is 81.8 Å². The van der Waals surface area contributed by atoms with Crippen LogP contribution in [0.1, 0.15) is 15.9 Å². The lowest BCUT2D eigenvalue weighted by molar-refractivity contribution is 0.0602. The molecule has 20 heavy (non-hydrogen) atoms. The zero-order valence-corrected chi connectivity index (χ0v) is 12.0. The lowest BCUT2D eigenvalue weighted by atomic mass is 10.1. The van der Waals surface area contributed by atoms with Crippen molar-refractivity contribution in [2.75, 3.05) is 20.0 Å². The monoisotopic (exact) mass is 293 g/mol. The van der Waals surface area contributed by atoms with Gasteiger partial charge in [-0.2, -0.15) is 0 Å². The number of aliphatic hydroxyl groups is 1. The van der Waals surface area contributed by atoms with Gasteiger partial charge in [-0.05, 0) is 23.8 Å². The quantitative estimate of drug-likeness (QED) is 0.845. The average molecular weight is 293 g/mol. The molecule has 0 spiro atoms. The molecular weight excluding hydrogens is 278 g/mol. The number of benzene rings is 1. The van der Waals surface area contributed by atoms with E-state index in [0.717, 1.165) is 16.0 Å². The maximum absolute atomic E-state index is 11.6. The Morgan fingerprint density at radius 3 is 2.70 bits per heavy atom. The standard InChI is InChI=1S/C14H15NO4S/c1-18-11-4-3-8(7-16)5-9(11)12-6-10(13(15)20-12)14(17)19-2/h3-6,16H,7,15H2,1-2H3. The summed E-state index contributed by atoms with van der Waals surface area (Å²) < 4.78 is 9.99. The Balaban J connectivity index is 2.53. The fourth-order valence-electron chi connectivity index (χ4n) is 1.85. The van der Waals surface area contributed by atoms with Gasteiger partial charge in [0.2, 0.25) is 0 Å². The molecule has 1 aromatic carbocycles. The fraction of sp³-hybridized carbons (Fsp3) is 0.214. The van der Waals surface area contributed by atoms with E-state index >= 15 is 0 Å². The molecule has 106 valence electrons. The Labute approximate surface area is 120 Å². The van der Waals surface area contributed by atoms with Crippen molar-refractivity contribution in [1.82, 2.24) is 0 Å². The Bertz CT molecular complexity index is 636. The van der Waals surface area contributed by atoms with Crippen molar-refractivity contribution < 1.29 is 19.4 Å². The van der Waals surface area contributed by atoms with Crippen LogP contribution in [0.2, 0.25) is 0 Å². The second-order valence-corrected chi connectivity index (χ2v) is 5.16. The molecule has 0 aliphatic rings. The number of aliphatic hydroxyl groups excluding tert-OH is 1. The molecule has 0 radical (unpaired) electrons. The van der Waals surface area contributed by atoms with E-state index in [4.69, 9.17) is 10.5 Å². The van der Waals surface area contributed by atoms with Crippen molar-refractivity contribution in [3.05, 3.63) is 35.4 Å². The van der Waals surface area contributed by atoms with Crippen molar-refractivity contribution in [1.29, 1.82) is 0 Å². The van der Waals surface area contributed by atoms with Gasteiger partial charge in [0.05, 0.1) is 26.4 Å². The minimum Gasteiger partial charge on any atom is -0.496 e. The molecule has 2 rings (SSSR count). The van der Waals surface area contributed by atoms with Gasteiger partial charge in [0.25, 0.3) is 0 Å². The number of ether oxygens (including phenoxy) is 2. The average Bonchev–Trinajstić information content (AvgIpc) is 2.87. The van der Waals surface area contributed by atoms with E-state index < -0.39 is 5.97 Å². The van der Waals surface area contributed by atoms with Crippen LogP contribution in [-0.2, 0) is 11.3 Å². The second kappa shape index (κ2) is 5.94. The molecule has 0 fully saturated rings. The molecule has 0 aliphatic heterocycles. The normalized spacial score (nSPS) is 10.3. The molecule has 0 aliphatic carbocycles. The SMILES string of the molecule is COC(=O)c1cc(-c2cc(CO)ccc2OC)sc1N. The molecule has 1 heterocycles. The first-order chi connectivity index (χ1) is 9.60. The number of rotatable bonds is 4. The maximum atomic E-state index is 11.6. The van der Waals surface area contributed by atoms with E-state index in [-0.39, 0.29) is 6.61 Å². The second-order valence-electron chi connectivity index (χ2n) is 4.07. The van der Waals surface area contributed by atoms with Crippen LogP contribution in [0.5, 0.6) is 5.75 Å². The van der Waals surface area contributed by atoms with E-state index in [2.05, 4.69) is 4.74 Å². The van der Waals surface area contributed by atoms with Crippen LogP contribution in [0.3, 0.4) is 0 Å². The molecule has 0 saturated carbocycles. The largest absolute Gasteiger partial charge is 0.496 e. The van der Waals surface area contributed by atoms with Crippen molar-refractivity contribution >= 4 is 22.3 Å². The summed E-state index contributed by atoms with van der Waals surface area (Å²) in [5, 5.41) is 9.61. The number of carbonyl (C=O) groups excluding carboxylic acids is 1. The molecular formula is C14H15NO4S. The van der Waals surface area contributed by atoms with Gasteiger partial charge >= 0.3 is 5.97 Å². The molecule has 0 amide bonds. The highest BCUT2D eigenvalue weighted by molar-refractivity contribution is 7.19. The van der Waals surface area contributed by atoms with E-state index in [1.54, 1.807) is 25.3 Å². The van der Waals surface area contributed by atoms with Crippen LogP contribution in [-0.4, -0.2) is 25.3 Å². The Kier molecular flexibility index (Phi) is 4.26. The summed E-state index contributed by atoms with van der Waals surface area (Å²) in [5.41, 5.74) is 7.72. The highest BCUT2D eigenvalue weighted by atomic mass is 32.1. The molecule has 1 aromatic heterocycles. The van der Waals surface area contributed by atoms with E-state index in [9.17, 15) is 9.90 Å². The molecule has 0 atom stereocenters. The van der Waals surface area contributed by atoms with Gasteiger partial charge in [0.15, 0.2) is 0 Å². The third kappa shape index (κ3) is 2.61. The minimum atomic E-state index is -0.470. The highest BCUT2D eigenvalue weighted by Gasteiger charge is 2.17. The van der Waals surface area contributed by atoms with Crippen LogP contribution in [0.15, 0.2) is 24.3 Å². The number of hydrogen-bond donors (Lipinski definition) is 2. The van der Waals surface area contributed by atoms with E-state index in [1.165, 1.54) is 18.4 Å². The van der Waals surface area contributed by atoms with Crippen LogP contribution < -0.4 is 10.5 Å². The third-order valence-electron chi connectivity index (χ3n) is 2.88. The van der Waals surface area contributed by atoms with Crippen molar-refractivity contribution in [2.24, 2.45) is 0 Å². The summed E-state index contributed by atoms with van der Waals surface area (Å²) in [5.74, 6) is 0.183. The van der Waals surface area contributed by atoms with Gasteiger partial charge in [-0.25, -0.2) is 4.79 Å². The number of nitrogens with two attached hydrogens (primary N) is 1. The maximum Gasteiger partial charge on any atom is 0.340 e. The van der Waals surface area contributed by atoms with E-state index in [1.807, 2.05) is 6.07 Å². The van der Waals surface area contributed by atoms with Crippen molar-refractivity contribution in [3.8, 4) is 16.2 Å². The molecule has 2 aromatic rings. The smallest absolute Gasteiger partial charge is 0.340 e. The van der Waals surface area contributed by atoms with Gasteiger partial charge in [-0.3, -0.25) is 0 Å². The molecule has 0 bridgehead atoms. The van der Waals surface area contributed by atoms with Gasteiger partial charge < -0.3 is 20.3 Å². The molecule has 6 heteroatoms. The Hall–Kier alpha value is -2.05. The van der Waals surface area contributed by atoms with Crippen LogP contribution >= 0.6 is 11.3 Å². The van der Waals surface area contributed by atoms with Gasteiger partial charge in [0.1, 0.15) is 10.8 Å². The third-order valence-corrected chi connectivity index (χ3v) is 3.88. The first kappa shape index (κ1) is 14.4. The number of methoxy groups -OCH3 is 2. The minimum absolute atomic E-state index is 0.0677. The number of hydrogen-bond acceptors (Lipinski definition) is 6. The van der Waals surface area contributed by atoms with Crippen LogP contribution in [0, 0.1) is 0 Å². The highest BCUT2D eigenvalue weighted by Crippen LogP contribution is 2.39. The zero-order chi connectivity index (χ0) is 14.7. The summed E-state index contributed by atoms with van der Waals surface area (Å²) in [7, 11) is 2.88. The molecule has 0 unspecified atom stereocenters. The summed E-state index contributed by atoms with van der Waals surface area (Å²) in [6.45, 7) is -0.0677. The van der Waals surface area contributed by atoms with Gasteiger partial charge in [0, 0.05) is 10.4 Å². The summed E-state index contributed by atoms with van der Waals surface area (Å²) in [6.07, 6.45) is 0. The van der Waals surface area contributed by atoms with Crippen LogP contribution in [0.4, 0.5) is 5.00 Å². The van der Waals surface area contributed by atoms with Crippen molar-refractivity contribution in [3.63, 3.8) is 0 Å². The van der Waals surface area contributed by atoms with Crippen molar-refractivity contribution in [2.45, 2.75) is 6.61 Å². The number of anilines is 1. The predicted octanol–water partition coefficient (Wildman–Crippen LogP) is 2.28. The number of carbonyl (C=O) groups is 1. The summed E-state index contributed by atoms with van der Waals surface area (Å²) in [4.78, 5) is 12.4. The lowest BCUT2D eigenvalue weighted by Gasteiger charge is -2.08. The zero-order valence-electron chi connectivity index (χ0n) is 11.2. The summed E-state index contributed by atoms with van der Waals surface area (Å²) in [6, 6.07) is 7.03. The Morgan fingerprint density at radius 2 is 2.10 bits per heavy atom. The fourth-order valence-corrected chi connectivity index (χ4v) is 2.79. The number of esters is 1. The molecule has 5 nitrogen and oxygen atoms in total.